The van der Waals surface area contributed by atoms with Crippen molar-refractivity contribution in [1.82, 2.24) is 4.90 Å². The average molecular weight is 471 g/mol. The molecule has 2 aromatic carbocycles. The summed E-state index contributed by atoms with van der Waals surface area (Å²) in [6, 6.07) is 6.07. The smallest absolute Gasteiger partial charge is 0.330 e. The molecule has 1 heterocycles. The Morgan fingerprint density at radius 1 is 1.18 bits per heavy atom. The minimum atomic E-state index is -1.36. The number of fused-ring (bicyclic) bond motifs is 2. The molecule has 1 fully saturated rings. The summed E-state index contributed by atoms with van der Waals surface area (Å²) in [6.07, 6.45) is 4.05. The molecule has 2 aromatic rings. The van der Waals surface area contributed by atoms with E-state index in [9.17, 15) is 13.6 Å². The Bertz CT molecular complexity index is 1210. The van der Waals surface area contributed by atoms with Crippen LogP contribution in [0.4, 0.5) is 17.6 Å². The number of rotatable bonds is 5. The molecule has 178 valence electrons. The molecule has 0 radical (unpaired) electrons. The highest BCUT2D eigenvalue weighted by Crippen LogP contribution is 2.52. The Morgan fingerprint density at radius 3 is 2.53 bits per heavy atom. The van der Waals surface area contributed by atoms with Gasteiger partial charge in [0.2, 0.25) is 0 Å². The summed E-state index contributed by atoms with van der Waals surface area (Å²) >= 11 is 0. The van der Waals surface area contributed by atoms with E-state index >= 15 is 8.78 Å². The van der Waals surface area contributed by atoms with E-state index in [0.717, 1.165) is 34.9 Å². The summed E-state index contributed by atoms with van der Waals surface area (Å²) in [5, 5.41) is 0. The molecule has 0 amide bonds. The summed E-state index contributed by atoms with van der Waals surface area (Å²) in [4.78, 5) is 13.2. The fraction of sp³-hybridized carbons (Fsp3) is 0.370. The van der Waals surface area contributed by atoms with Crippen LogP contribution in [0.3, 0.4) is 0 Å². The van der Waals surface area contributed by atoms with Crippen LogP contribution in [0.1, 0.15) is 54.5 Å². The zero-order valence-electron chi connectivity index (χ0n) is 19.0. The molecule has 1 aliphatic heterocycles. The fourth-order valence-electron chi connectivity index (χ4n) is 5.29. The zero-order chi connectivity index (χ0) is 24.2. The van der Waals surface area contributed by atoms with Crippen molar-refractivity contribution in [2.45, 2.75) is 50.4 Å². The molecule has 34 heavy (non-hydrogen) atoms. The fourth-order valence-corrected chi connectivity index (χ4v) is 5.29. The molecule has 5 rings (SSSR count). The summed E-state index contributed by atoms with van der Waals surface area (Å²) in [7, 11) is 1.21. The van der Waals surface area contributed by atoms with Gasteiger partial charge in [-0.1, -0.05) is 12.1 Å². The van der Waals surface area contributed by atoms with Crippen LogP contribution < -0.4 is 0 Å². The van der Waals surface area contributed by atoms with Gasteiger partial charge in [0, 0.05) is 29.8 Å². The molecule has 0 aromatic heterocycles. The number of hydrogen-bond acceptors (Lipinski definition) is 3. The molecule has 1 saturated carbocycles. The van der Waals surface area contributed by atoms with E-state index in [2.05, 4.69) is 4.74 Å². The number of benzene rings is 2. The molecule has 0 N–H and O–H groups in total. The maximum Gasteiger partial charge on any atom is 0.330 e. The quantitative estimate of drug-likeness (QED) is 0.307. The van der Waals surface area contributed by atoms with E-state index in [1.165, 1.54) is 19.3 Å². The molecule has 2 aliphatic carbocycles. The van der Waals surface area contributed by atoms with Crippen molar-refractivity contribution < 1.29 is 27.1 Å². The Kier molecular flexibility index (Phi) is 5.63. The summed E-state index contributed by atoms with van der Waals surface area (Å²) in [5.41, 5.74) is 1.40. The SMILES string of the molecule is COC(=O)/C=C/c1cc(F)c([C@H]2C3=C(C[C@H](C)N2CC2(F)CC2)c2c(F)cccc2C3)c(F)c1. The van der Waals surface area contributed by atoms with E-state index in [1.807, 2.05) is 17.9 Å². The third kappa shape index (κ3) is 3.96. The molecule has 0 saturated heterocycles. The molecule has 0 spiro atoms. The van der Waals surface area contributed by atoms with Crippen LogP contribution in [0.15, 0.2) is 42.0 Å². The van der Waals surface area contributed by atoms with Gasteiger partial charge in [0.05, 0.1) is 13.2 Å². The van der Waals surface area contributed by atoms with E-state index in [-0.39, 0.29) is 29.5 Å². The van der Waals surface area contributed by atoms with E-state index in [4.69, 9.17) is 0 Å². The standard InChI is InChI=1S/C27H25F4NO2/c1-15-10-18-19(13-17-4-3-5-20(28)24(17)18)26(32(15)14-27(31)8-9-27)25-21(29)11-16(12-22(25)30)6-7-23(33)34-2/h3-7,11-12,15,26H,8-10,13-14H2,1-2H3/b7-6+/t15-,26+/m0/s1. The molecular weight excluding hydrogens is 446 g/mol. The van der Waals surface area contributed by atoms with Crippen molar-refractivity contribution in [3.05, 3.63) is 81.7 Å². The first-order valence-electron chi connectivity index (χ1n) is 11.4. The van der Waals surface area contributed by atoms with Crippen LogP contribution in [0.5, 0.6) is 0 Å². The van der Waals surface area contributed by atoms with Crippen LogP contribution in [-0.4, -0.2) is 36.2 Å². The monoisotopic (exact) mass is 471 g/mol. The van der Waals surface area contributed by atoms with E-state index < -0.39 is 29.3 Å². The molecule has 0 unspecified atom stereocenters. The van der Waals surface area contributed by atoms with Gasteiger partial charge in [-0.15, -0.1) is 0 Å². The third-order valence-corrected chi connectivity index (χ3v) is 7.14. The number of carbonyl (C=O) groups excluding carboxylic acids is 1. The number of alkyl halides is 1. The van der Waals surface area contributed by atoms with Crippen molar-refractivity contribution in [3.63, 3.8) is 0 Å². The second-order valence-electron chi connectivity index (χ2n) is 9.49. The number of hydrogen-bond donors (Lipinski definition) is 0. The maximum atomic E-state index is 15.5. The predicted molar refractivity (Wildman–Crippen MR) is 121 cm³/mol. The minimum Gasteiger partial charge on any atom is -0.466 e. The van der Waals surface area contributed by atoms with Gasteiger partial charge in [0.25, 0.3) is 0 Å². The lowest BCUT2D eigenvalue weighted by Crippen LogP contribution is -2.45. The lowest BCUT2D eigenvalue weighted by atomic mass is 9.84. The van der Waals surface area contributed by atoms with Gasteiger partial charge in [-0.2, -0.15) is 0 Å². The van der Waals surface area contributed by atoms with E-state index in [1.54, 1.807) is 6.07 Å². The van der Waals surface area contributed by atoms with Gasteiger partial charge in [-0.25, -0.2) is 22.4 Å². The Hall–Kier alpha value is -2.93. The average Bonchev–Trinajstić information content (AvgIpc) is 3.40. The van der Waals surface area contributed by atoms with Crippen molar-refractivity contribution in [1.29, 1.82) is 0 Å². The molecule has 2 atom stereocenters. The van der Waals surface area contributed by atoms with E-state index in [0.29, 0.717) is 31.2 Å². The van der Waals surface area contributed by atoms with Crippen LogP contribution in [0, 0.1) is 17.5 Å². The summed E-state index contributed by atoms with van der Waals surface area (Å²) < 4.78 is 65.3. The van der Waals surface area contributed by atoms with Crippen LogP contribution in [0.2, 0.25) is 0 Å². The van der Waals surface area contributed by atoms with Crippen molar-refractivity contribution in [2.24, 2.45) is 0 Å². The number of ether oxygens (including phenoxy) is 1. The van der Waals surface area contributed by atoms with Gasteiger partial charge >= 0.3 is 5.97 Å². The van der Waals surface area contributed by atoms with Gasteiger partial charge in [-0.3, -0.25) is 4.90 Å². The van der Waals surface area contributed by atoms with Crippen LogP contribution in [-0.2, 0) is 16.0 Å². The Morgan fingerprint density at radius 2 is 1.88 bits per heavy atom. The van der Waals surface area contributed by atoms with Gasteiger partial charge in [-0.05, 0) is 79.2 Å². The first-order valence-corrected chi connectivity index (χ1v) is 11.4. The Labute approximate surface area is 195 Å². The number of esters is 1. The lowest BCUT2D eigenvalue weighted by molar-refractivity contribution is -0.134. The largest absolute Gasteiger partial charge is 0.466 e. The molecule has 7 heteroatoms. The number of carbonyl (C=O) groups is 1. The number of methoxy groups -OCH3 is 1. The van der Waals surface area contributed by atoms with Crippen molar-refractivity contribution >= 4 is 17.6 Å². The highest BCUT2D eigenvalue weighted by Gasteiger charge is 2.50. The molecule has 3 nitrogen and oxygen atoms in total. The van der Waals surface area contributed by atoms with Gasteiger partial charge < -0.3 is 4.74 Å². The van der Waals surface area contributed by atoms with Crippen molar-refractivity contribution in [2.75, 3.05) is 13.7 Å². The normalized spacial score (nSPS) is 23.2. The topological polar surface area (TPSA) is 29.5 Å². The minimum absolute atomic E-state index is 0.0668. The second-order valence-corrected chi connectivity index (χ2v) is 9.49. The number of nitrogens with zero attached hydrogens (tertiary/aromatic N) is 1. The molecular formula is C27H25F4NO2. The van der Waals surface area contributed by atoms with Crippen LogP contribution >= 0.6 is 0 Å². The Balaban J connectivity index is 1.62. The molecule has 0 bridgehead atoms. The van der Waals surface area contributed by atoms with Crippen LogP contribution in [0.25, 0.3) is 11.6 Å². The van der Waals surface area contributed by atoms with Gasteiger partial charge in [0.1, 0.15) is 23.1 Å². The first kappa shape index (κ1) is 22.8. The second kappa shape index (κ2) is 8.38. The molecule has 3 aliphatic rings. The zero-order valence-corrected chi connectivity index (χ0v) is 19.0. The van der Waals surface area contributed by atoms with Gasteiger partial charge in [0.15, 0.2) is 0 Å². The first-order chi connectivity index (χ1) is 16.2. The number of halogens is 4. The summed E-state index contributed by atoms with van der Waals surface area (Å²) in [6.45, 7) is 1.96. The summed E-state index contributed by atoms with van der Waals surface area (Å²) in [5.74, 6) is -2.58. The highest BCUT2D eigenvalue weighted by atomic mass is 19.1. The van der Waals surface area contributed by atoms with Crippen molar-refractivity contribution in [3.8, 4) is 0 Å². The predicted octanol–water partition coefficient (Wildman–Crippen LogP) is 5.94. The maximum absolute atomic E-state index is 15.5. The lowest BCUT2D eigenvalue weighted by Gasteiger charge is -2.43. The highest BCUT2D eigenvalue weighted by molar-refractivity contribution is 5.87. The third-order valence-electron chi connectivity index (χ3n) is 7.14.